The van der Waals surface area contributed by atoms with Gasteiger partial charge in [0.1, 0.15) is 0 Å². The second kappa shape index (κ2) is 6.92. The predicted octanol–water partition coefficient (Wildman–Crippen LogP) is 4.77. The van der Waals surface area contributed by atoms with Crippen LogP contribution in [0.3, 0.4) is 0 Å². The lowest BCUT2D eigenvalue weighted by atomic mass is 9.95. The Kier molecular flexibility index (Phi) is 4.72. The number of carbonyl (C=O) groups is 1. The molecule has 0 saturated heterocycles. The van der Waals surface area contributed by atoms with Gasteiger partial charge in [-0.05, 0) is 45.6 Å². The number of esters is 1. The molecular formula is C19H16BrNO2. The zero-order valence-electron chi connectivity index (χ0n) is 12.8. The summed E-state index contributed by atoms with van der Waals surface area (Å²) in [5, 5.41) is 1.02. The Morgan fingerprint density at radius 1 is 1.13 bits per heavy atom. The van der Waals surface area contributed by atoms with Crippen molar-refractivity contribution in [3.05, 3.63) is 64.8 Å². The van der Waals surface area contributed by atoms with Gasteiger partial charge in [-0.25, -0.2) is 0 Å². The van der Waals surface area contributed by atoms with E-state index in [1.54, 1.807) is 6.20 Å². The number of benzene rings is 2. The van der Waals surface area contributed by atoms with Crippen LogP contribution in [0.15, 0.2) is 59.2 Å². The van der Waals surface area contributed by atoms with E-state index >= 15 is 0 Å². The van der Waals surface area contributed by atoms with Crippen LogP contribution in [-0.2, 0) is 16.0 Å². The van der Waals surface area contributed by atoms with Crippen LogP contribution in [0.5, 0.6) is 0 Å². The molecule has 4 heteroatoms. The average molecular weight is 370 g/mol. The van der Waals surface area contributed by atoms with E-state index in [-0.39, 0.29) is 12.4 Å². The number of nitrogens with zero attached hydrogens (tertiary/aromatic N) is 1. The second-order valence-corrected chi connectivity index (χ2v) is 6.00. The average Bonchev–Trinajstić information content (AvgIpc) is 2.56. The fourth-order valence-corrected chi connectivity index (χ4v) is 3.14. The molecule has 3 nitrogen and oxygen atoms in total. The van der Waals surface area contributed by atoms with Gasteiger partial charge in [-0.15, -0.1) is 0 Å². The molecule has 0 N–H and O–H groups in total. The Labute approximate surface area is 143 Å². The first-order chi connectivity index (χ1) is 11.2. The van der Waals surface area contributed by atoms with Crippen LogP contribution in [0, 0.1) is 0 Å². The normalized spacial score (nSPS) is 10.7. The fraction of sp³-hybridized carbons (Fsp3) is 0.158. The van der Waals surface area contributed by atoms with Gasteiger partial charge in [-0.1, -0.05) is 42.5 Å². The summed E-state index contributed by atoms with van der Waals surface area (Å²) < 4.78 is 6.04. The zero-order chi connectivity index (χ0) is 16.2. The number of aromatic nitrogens is 1. The molecule has 0 spiro atoms. The van der Waals surface area contributed by atoms with Gasteiger partial charge in [0.2, 0.25) is 0 Å². The van der Waals surface area contributed by atoms with Gasteiger partial charge < -0.3 is 4.74 Å². The van der Waals surface area contributed by atoms with Crippen molar-refractivity contribution in [2.75, 3.05) is 6.61 Å². The summed E-state index contributed by atoms with van der Waals surface area (Å²) in [4.78, 5) is 16.5. The number of hydrogen-bond donors (Lipinski definition) is 0. The smallest absolute Gasteiger partial charge is 0.310 e. The van der Waals surface area contributed by atoms with Crippen molar-refractivity contribution < 1.29 is 9.53 Å². The summed E-state index contributed by atoms with van der Waals surface area (Å²) in [7, 11) is 0. The number of pyridine rings is 1. The number of rotatable bonds is 4. The van der Waals surface area contributed by atoms with Crippen LogP contribution in [0.2, 0.25) is 0 Å². The maximum Gasteiger partial charge on any atom is 0.310 e. The van der Waals surface area contributed by atoms with E-state index < -0.39 is 0 Å². The molecule has 0 saturated carbocycles. The lowest BCUT2D eigenvalue weighted by Crippen LogP contribution is -2.09. The molecule has 0 aliphatic heterocycles. The zero-order valence-corrected chi connectivity index (χ0v) is 14.3. The van der Waals surface area contributed by atoms with Gasteiger partial charge in [0.15, 0.2) is 0 Å². The van der Waals surface area contributed by atoms with Crippen molar-refractivity contribution >= 4 is 32.8 Å². The Hall–Kier alpha value is -2.20. The SMILES string of the molecule is CCOC(=O)Cc1cnc2c(Br)cccc2c1-c1ccccc1. The third-order valence-corrected chi connectivity index (χ3v) is 4.27. The maximum atomic E-state index is 11.9. The largest absolute Gasteiger partial charge is 0.466 e. The maximum absolute atomic E-state index is 11.9. The third kappa shape index (κ3) is 3.27. The van der Waals surface area contributed by atoms with E-state index in [4.69, 9.17) is 4.74 Å². The van der Waals surface area contributed by atoms with Crippen LogP contribution in [-0.4, -0.2) is 17.6 Å². The molecule has 116 valence electrons. The van der Waals surface area contributed by atoms with Gasteiger partial charge >= 0.3 is 5.97 Å². The highest BCUT2D eigenvalue weighted by Gasteiger charge is 2.15. The molecular weight excluding hydrogens is 354 g/mol. The molecule has 0 aliphatic rings. The lowest BCUT2D eigenvalue weighted by molar-refractivity contribution is -0.142. The molecule has 3 aromatic rings. The molecule has 23 heavy (non-hydrogen) atoms. The van der Waals surface area contributed by atoms with Gasteiger partial charge in [-0.2, -0.15) is 0 Å². The van der Waals surface area contributed by atoms with E-state index in [0.29, 0.717) is 6.61 Å². The highest BCUT2D eigenvalue weighted by molar-refractivity contribution is 9.10. The van der Waals surface area contributed by atoms with E-state index in [1.807, 2.05) is 55.5 Å². The number of halogens is 1. The van der Waals surface area contributed by atoms with Gasteiger partial charge in [0.05, 0.1) is 18.5 Å². The van der Waals surface area contributed by atoms with Gasteiger partial charge in [0, 0.05) is 16.1 Å². The molecule has 0 aliphatic carbocycles. The Bertz CT molecular complexity index is 847. The Morgan fingerprint density at radius 3 is 2.65 bits per heavy atom. The standard InChI is InChI=1S/C19H16BrNO2/c1-2-23-17(22)11-14-12-21-19-15(9-6-10-16(19)20)18(14)13-7-4-3-5-8-13/h3-10,12H,2,11H2,1H3. The number of ether oxygens (including phenoxy) is 1. The fourth-order valence-electron chi connectivity index (χ4n) is 2.68. The monoisotopic (exact) mass is 369 g/mol. The van der Waals surface area contributed by atoms with Crippen molar-refractivity contribution in [3.63, 3.8) is 0 Å². The van der Waals surface area contributed by atoms with Gasteiger partial charge in [0.25, 0.3) is 0 Å². The van der Waals surface area contributed by atoms with Crippen LogP contribution >= 0.6 is 15.9 Å². The summed E-state index contributed by atoms with van der Waals surface area (Å²) in [5.74, 6) is -0.235. The van der Waals surface area contributed by atoms with Crippen LogP contribution in [0.4, 0.5) is 0 Å². The molecule has 0 amide bonds. The molecule has 0 atom stereocenters. The molecule has 1 aromatic heterocycles. The minimum absolute atomic E-state index is 0.216. The predicted molar refractivity (Wildman–Crippen MR) is 95.2 cm³/mol. The van der Waals surface area contributed by atoms with Crippen molar-refractivity contribution in [2.24, 2.45) is 0 Å². The minimum Gasteiger partial charge on any atom is -0.466 e. The van der Waals surface area contributed by atoms with E-state index in [9.17, 15) is 4.79 Å². The highest BCUT2D eigenvalue weighted by atomic mass is 79.9. The number of para-hydroxylation sites is 1. The molecule has 0 radical (unpaired) electrons. The summed E-state index contributed by atoms with van der Waals surface area (Å²) in [6, 6.07) is 16.0. The highest BCUT2D eigenvalue weighted by Crippen LogP contribution is 2.34. The number of carbonyl (C=O) groups excluding carboxylic acids is 1. The number of fused-ring (bicyclic) bond motifs is 1. The van der Waals surface area contributed by atoms with E-state index in [2.05, 4.69) is 20.9 Å². The van der Waals surface area contributed by atoms with Crippen molar-refractivity contribution in [3.8, 4) is 11.1 Å². The van der Waals surface area contributed by atoms with Crippen molar-refractivity contribution in [1.82, 2.24) is 4.98 Å². The van der Waals surface area contributed by atoms with E-state index in [0.717, 1.165) is 32.1 Å². The summed E-state index contributed by atoms with van der Waals surface area (Å²) in [6.07, 6.45) is 1.99. The van der Waals surface area contributed by atoms with E-state index in [1.165, 1.54) is 0 Å². The second-order valence-electron chi connectivity index (χ2n) is 5.14. The summed E-state index contributed by atoms with van der Waals surface area (Å²) >= 11 is 3.55. The van der Waals surface area contributed by atoms with Crippen LogP contribution < -0.4 is 0 Å². The number of hydrogen-bond acceptors (Lipinski definition) is 3. The Balaban J connectivity index is 2.22. The summed E-state index contributed by atoms with van der Waals surface area (Å²) in [6.45, 7) is 2.19. The first-order valence-corrected chi connectivity index (χ1v) is 8.27. The first-order valence-electron chi connectivity index (χ1n) is 7.48. The Morgan fingerprint density at radius 2 is 1.91 bits per heavy atom. The molecule has 0 fully saturated rings. The first kappa shape index (κ1) is 15.7. The minimum atomic E-state index is -0.235. The van der Waals surface area contributed by atoms with Crippen molar-refractivity contribution in [2.45, 2.75) is 13.3 Å². The summed E-state index contributed by atoms with van der Waals surface area (Å²) in [5.41, 5.74) is 3.86. The lowest BCUT2D eigenvalue weighted by Gasteiger charge is -2.13. The van der Waals surface area contributed by atoms with Crippen LogP contribution in [0.1, 0.15) is 12.5 Å². The molecule has 0 bridgehead atoms. The third-order valence-electron chi connectivity index (χ3n) is 3.63. The van der Waals surface area contributed by atoms with Crippen molar-refractivity contribution in [1.29, 1.82) is 0 Å². The molecule has 3 rings (SSSR count). The molecule has 2 aromatic carbocycles. The van der Waals surface area contributed by atoms with Gasteiger partial charge in [-0.3, -0.25) is 9.78 Å². The quantitative estimate of drug-likeness (QED) is 0.621. The molecule has 1 heterocycles. The molecule has 0 unspecified atom stereocenters. The topological polar surface area (TPSA) is 39.2 Å². The van der Waals surface area contributed by atoms with Crippen LogP contribution in [0.25, 0.3) is 22.0 Å².